The molecule has 6 nitrogen and oxygen atoms in total. The summed E-state index contributed by atoms with van der Waals surface area (Å²) in [7, 11) is 0. The number of hydrogen-bond donors (Lipinski definition) is 2. The number of likely N-dealkylation sites (tertiary alicyclic amines) is 1. The largest absolute Gasteiger partial charge is 0.506 e. The van der Waals surface area contributed by atoms with E-state index in [1.807, 2.05) is 0 Å². The molecule has 6 rings (SSSR count). The van der Waals surface area contributed by atoms with Gasteiger partial charge >= 0.3 is 0 Å². The highest BCUT2D eigenvalue weighted by molar-refractivity contribution is 6.30. The summed E-state index contributed by atoms with van der Waals surface area (Å²) in [5, 5.41) is 12.8. The number of anilines is 1. The monoisotopic (exact) mass is 386 g/mol. The maximum atomic E-state index is 12.9. The average Bonchev–Trinajstić information content (AvgIpc) is 3.41. The Balaban J connectivity index is 1.25. The summed E-state index contributed by atoms with van der Waals surface area (Å²) in [6, 6.07) is 4.40. The number of carbonyl (C=O) groups is 3. The Kier molecular flexibility index (Phi) is 3.63. The number of nitrogens with zero attached hydrogens (tertiary/aromatic N) is 1. The Morgan fingerprint density at radius 1 is 1.15 bits per heavy atom. The second kappa shape index (κ2) is 5.83. The standard InChI is InChI=1S/C20H19ClN2O4/c21-9-1-4-14(15(24)7-9)22-16(25)5-6-23-19(26)17-10-2-3-11(13-8-12(10)13)18(17)20(23)27/h1-4,7,10-13,17-18,24H,5-6,8H2,(H,22,25)/t10-,11+,12-,13-,17+,18+/m1/s1. The van der Waals surface area contributed by atoms with Crippen molar-refractivity contribution in [3.63, 3.8) is 0 Å². The van der Waals surface area contributed by atoms with Gasteiger partial charge in [-0.1, -0.05) is 23.8 Å². The van der Waals surface area contributed by atoms with Gasteiger partial charge in [0.05, 0.1) is 17.5 Å². The number of allylic oxidation sites excluding steroid dienone is 2. The lowest BCUT2D eigenvalue weighted by Crippen LogP contribution is -2.40. The van der Waals surface area contributed by atoms with Crippen LogP contribution in [0.4, 0.5) is 5.69 Å². The van der Waals surface area contributed by atoms with E-state index >= 15 is 0 Å². The van der Waals surface area contributed by atoms with Gasteiger partial charge < -0.3 is 10.4 Å². The summed E-state index contributed by atoms with van der Waals surface area (Å²) in [4.78, 5) is 39.2. The highest BCUT2D eigenvalue weighted by atomic mass is 35.5. The highest BCUT2D eigenvalue weighted by Crippen LogP contribution is 2.65. The summed E-state index contributed by atoms with van der Waals surface area (Å²) in [6.45, 7) is 0.0691. The minimum absolute atomic E-state index is 0.00535. The van der Waals surface area contributed by atoms with Crippen molar-refractivity contribution in [2.45, 2.75) is 12.8 Å². The molecule has 7 heteroatoms. The molecule has 1 aromatic carbocycles. The van der Waals surface area contributed by atoms with E-state index in [9.17, 15) is 19.5 Å². The molecule has 140 valence electrons. The predicted octanol–water partition coefficient (Wildman–Crippen LogP) is 2.43. The number of imide groups is 1. The van der Waals surface area contributed by atoms with Gasteiger partial charge in [-0.2, -0.15) is 0 Å². The van der Waals surface area contributed by atoms with Crippen molar-refractivity contribution < 1.29 is 19.5 Å². The third-order valence-corrected chi connectivity index (χ3v) is 6.79. The van der Waals surface area contributed by atoms with Crippen LogP contribution in [0.2, 0.25) is 5.02 Å². The predicted molar refractivity (Wildman–Crippen MR) is 97.8 cm³/mol. The normalized spacial score (nSPS) is 35.2. The average molecular weight is 387 g/mol. The van der Waals surface area contributed by atoms with E-state index in [2.05, 4.69) is 17.5 Å². The smallest absolute Gasteiger partial charge is 0.233 e. The van der Waals surface area contributed by atoms with Gasteiger partial charge in [0.2, 0.25) is 17.7 Å². The van der Waals surface area contributed by atoms with Gasteiger partial charge in [-0.05, 0) is 42.2 Å². The van der Waals surface area contributed by atoms with Crippen LogP contribution in [0.3, 0.4) is 0 Å². The van der Waals surface area contributed by atoms with Crippen molar-refractivity contribution in [1.82, 2.24) is 4.90 Å². The van der Waals surface area contributed by atoms with Gasteiger partial charge in [0.25, 0.3) is 0 Å². The number of aromatic hydroxyl groups is 1. The van der Waals surface area contributed by atoms with Crippen LogP contribution in [0.25, 0.3) is 0 Å². The molecule has 1 aromatic rings. The van der Waals surface area contributed by atoms with Crippen molar-refractivity contribution >= 4 is 35.0 Å². The zero-order valence-electron chi connectivity index (χ0n) is 14.5. The first-order chi connectivity index (χ1) is 13.0. The maximum Gasteiger partial charge on any atom is 0.233 e. The highest BCUT2D eigenvalue weighted by Gasteiger charge is 2.66. The Hall–Kier alpha value is -2.34. The first-order valence-corrected chi connectivity index (χ1v) is 9.65. The Morgan fingerprint density at radius 3 is 2.37 bits per heavy atom. The molecule has 0 unspecified atom stereocenters. The lowest BCUT2D eigenvalue weighted by atomic mass is 9.63. The van der Waals surface area contributed by atoms with Gasteiger partial charge in [0.15, 0.2) is 0 Å². The van der Waals surface area contributed by atoms with Crippen LogP contribution in [0.1, 0.15) is 12.8 Å². The zero-order chi connectivity index (χ0) is 18.9. The molecule has 5 aliphatic rings. The van der Waals surface area contributed by atoms with E-state index in [0.717, 1.165) is 6.42 Å². The van der Waals surface area contributed by atoms with E-state index in [-0.39, 0.29) is 65.8 Å². The molecule has 3 fully saturated rings. The lowest BCUT2D eigenvalue weighted by Gasteiger charge is -2.37. The second-order valence-electron chi connectivity index (χ2n) is 7.94. The van der Waals surface area contributed by atoms with Gasteiger partial charge in [-0.15, -0.1) is 0 Å². The van der Waals surface area contributed by atoms with Gasteiger partial charge in [-0.25, -0.2) is 0 Å². The van der Waals surface area contributed by atoms with Crippen LogP contribution in [0.15, 0.2) is 30.4 Å². The van der Waals surface area contributed by atoms with Crippen LogP contribution >= 0.6 is 11.6 Å². The van der Waals surface area contributed by atoms with E-state index in [1.165, 1.54) is 17.0 Å². The summed E-state index contributed by atoms with van der Waals surface area (Å²) in [5.74, 6) is 0.276. The fraction of sp³-hybridized carbons (Fsp3) is 0.450. The molecule has 1 heterocycles. The minimum atomic E-state index is -0.368. The number of rotatable bonds is 4. The molecule has 2 bridgehead atoms. The SMILES string of the molecule is O=C(CCN1C(=O)[C@H]2[C@@H]3C=C[C@@H]([C@H]4C[C@H]34)[C@@H]2C1=O)Nc1ccc(Cl)cc1O. The molecule has 27 heavy (non-hydrogen) atoms. The number of phenols is 1. The maximum absolute atomic E-state index is 12.9. The molecular weight excluding hydrogens is 368 g/mol. The summed E-state index contributed by atoms with van der Waals surface area (Å²) < 4.78 is 0. The summed E-state index contributed by atoms with van der Waals surface area (Å²) >= 11 is 5.78. The summed E-state index contributed by atoms with van der Waals surface area (Å²) in [6.07, 6.45) is 5.38. The molecule has 1 aliphatic heterocycles. The van der Waals surface area contributed by atoms with Gasteiger partial charge in [0.1, 0.15) is 5.75 Å². The van der Waals surface area contributed by atoms with Gasteiger partial charge in [-0.3, -0.25) is 19.3 Å². The quantitative estimate of drug-likeness (QED) is 0.472. The van der Waals surface area contributed by atoms with E-state index in [4.69, 9.17) is 11.6 Å². The van der Waals surface area contributed by atoms with Crippen LogP contribution in [0, 0.1) is 35.5 Å². The second-order valence-corrected chi connectivity index (χ2v) is 8.38. The number of amides is 3. The van der Waals surface area contributed by atoms with E-state index < -0.39 is 0 Å². The fourth-order valence-corrected chi connectivity index (χ4v) is 5.44. The van der Waals surface area contributed by atoms with Crippen LogP contribution in [0.5, 0.6) is 5.75 Å². The molecule has 3 amide bonds. The van der Waals surface area contributed by atoms with Gasteiger partial charge in [0, 0.05) is 24.1 Å². The molecule has 0 radical (unpaired) electrons. The molecule has 0 aromatic heterocycles. The van der Waals surface area contributed by atoms with Crippen LogP contribution < -0.4 is 5.32 Å². The minimum Gasteiger partial charge on any atom is -0.506 e. The molecule has 2 saturated carbocycles. The first-order valence-electron chi connectivity index (χ1n) is 9.27. The van der Waals surface area contributed by atoms with Crippen LogP contribution in [-0.4, -0.2) is 34.3 Å². The molecule has 1 saturated heterocycles. The van der Waals surface area contributed by atoms with E-state index in [1.54, 1.807) is 6.07 Å². The van der Waals surface area contributed by atoms with Crippen molar-refractivity contribution in [2.24, 2.45) is 35.5 Å². The summed E-state index contributed by atoms with van der Waals surface area (Å²) in [5.41, 5.74) is 0.250. The molecule has 6 atom stereocenters. The van der Waals surface area contributed by atoms with Crippen molar-refractivity contribution in [3.8, 4) is 5.75 Å². The fourth-order valence-electron chi connectivity index (χ4n) is 5.28. The van der Waals surface area contributed by atoms with Crippen molar-refractivity contribution in [3.05, 3.63) is 35.4 Å². The number of carbonyl (C=O) groups excluding carboxylic acids is 3. The molecule has 2 N–H and O–H groups in total. The van der Waals surface area contributed by atoms with Crippen molar-refractivity contribution in [2.75, 3.05) is 11.9 Å². The molecular formula is C20H19ClN2O4. The topological polar surface area (TPSA) is 86.7 Å². The molecule has 4 aliphatic carbocycles. The molecule has 0 spiro atoms. The number of halogens is 1. The zero-order valence-corrected chi connectivity index (χ0v) is 15.2. The lowest BCUT2D eigenvalue weighted by molar-refractivity contribution is -0.140. The number of phenolic OH excluding ortho intramolecular Hbond substituents is 1. The third kappa shape index (κ3) is 2.50. The first kappa shape index (κ1) is 16.8. The third-order valence-electron chi connectivity index (χ3n) is 6.55. The Bertz CT molecular complexity index is 862. The number of nitrogens with one attached hydrogen (secondary N) is 1. The number of benzene rings is 1. The van der Waals surface area contributed by atoms with Crippen LogP contribution in [-0.2, 0) is 14.4 Å². The number of hydrogen-bond acceptors (Lipinski definition) is 4. The van der Waals surface area contributed by atoms with E-state index in [0.29, 0.717) is 16.9 Å². The Morgan fingerprint density at radius 2 is 1.78 bits per heavy atom. The van der Waals surface area contributed by atoms with Crippen molar-refractivity contribution in [1.29, 1.82) is 0 Å². The Labute approximate surface area is 161 Å².